The van der Waals surface area contributed by atoms with E-state index in [2.05, 4.69) is 51.2 Å². The van der Waals surface area contributed by atoms with Gasteiger partial charge in [-0.1, -0.05) is 45.9 Å². The predicted octanol–water partition coefficient (Wildman–Crippen LogP) is 5.56. The number of aromatic nitrogens is 1. The molecule has 1 N–H and O–H groups in total. The zero-order valence-corrected chi connectivity index (χ0v) is 21.7. The first-order chi connectivity index (χ1) is 15.9. The molecule has 4 aliphatic rings. The van der Waals surface area contributed by atoms with Gasteiger partial charge in [0.1, 0.15) is 5.76 Å². The summed E-state index contributed by atoms with van der Waals surface area (Å²) >= 11 is 0. The molecule has 4 unspecified atom stereocenters. The van der Waals surface area contributed by atoms with E-state index >= 15 is 0 Å². The number of rotatable bonds is 3. The molecule has 186 valence electrons. The number of nitrogens with one attached hydrogen (secondary N) is 1. The third-order valence-corrected chi connectivity index (χ3v) is 10.3. The number of likely N-dealkylation sites (N-methyl/N-ethyl adjacent to an activating group) is 1. The Morgan fingerprint density at radius 3 is 2.65 bits per heavy atom. The first kappa shape index (κ1) is 23.6. The molecule has 3 fully saturated rings. The van der Waals surface area contributed by atoms with Crippen LogP contribution in [-0.2, 0) is 15.0 Å². The molecule has 5 rings (SSSR count). The van der Waals surface area contributed by atoms with E-state index in [-0.39, 0.29) is 28.1 Å². The van der Waals surface area contributed by atoms with Gasteiger partial charge in [0, 0.05) is 36.4 Å². The molecule has 1 aliphatic heterocycles. The highest BCUT2D eigenvalue weighted by atomic mass is 16.5. The van der Waals surface area contributed by atoms with Gasteiger partial charge in [-0.05, 0) is 73.7 Å². The Balaban J connectivity index is 1.28. The van der Waals surface area contributed by atoms with Crippen LogP contribution in [0.1, 0.15) is 85.3 Å². The minimum absolute atomic E-state index is 0.0498. The van der Waals surface area contributed by atoms with Gasteiger partial charge in [-0.15, -0.1) is 0 Å². The number of carbonyl (C=O) groups excluding carboxylic acids is 2. The molecule has 0 spiro atoms. The highest BCUT2D eigenvalue weighted by molar-refractivity contribution is 5.90. The van der Waals surface area contributed by atoms with Crippen molar-refractivity contribution in [3.8, 4) is 0 Å². The molecular formula is C28H41N3O3. The summed E-state index contributed by atoms with van der Waals surface area (Å²) in [7, 11) is 1.98. The van der Waals surface area contributed by atoms with Crippen molar-refractivity contribution in [1.82, 2.24) is 10.1 Å². The lowest BCUT2D eigenvalue weighted by Gasteiger charge is -2.60. The van der Waals surface area contributed by atoms with Crippen LogP contribution in [0.2, 0.25) is 0 Å². The van der Waals surface area contributed by atoms with Crippen molar-refractivity contribution < 1.29 is 14.1 Å². The smallest absolute Gasteiger partial charge is 0.246 e. The van der Waals surface area contributed by atoms with Gasteiger partial charge in [-0.2, -0.15) is 0 Å². The molecule has 34 heavy (non-hydrogen) atoms. The standard InChI is InChI=1S/C28H41N3O3/c1-26(2,3)22-16-23(30-34-22)29-24(32)15-17-7-9-19-18-8-10-21-28(5,14-12-25(33)31(21)6)20(18)11-13-27(17,19)4/h12,14,16-21H,7-11,13,15H2,1-6H3,(H,29,30,32)/t17-,18?,19?,20?,21?,27-,28-/m1/s1. The van der Waals surface area contributed by atoms with Crippen LogP contribution >= 0.6 is 0 Å². The predicted molar refractivity (Wildman–Crippen MR) is 132 cm³/mol. The minimum Gasteiger partial charge on any atom is -0.359 e. The summed E-state index contributed by atoms with van der Waals surface area (Å²) in [6, 6.07) is 2.17. The van der Waals surface area contributed by atoms with Crippen LogP contribution in [0.5, 0.6) is 0 Å². The Labute approximate surface area is 203 Å². The van der Waals surface area contributed by atoms with Crippen LogP contribution in [-0.4, -0.2) is 35.0 Å². The van der Waals surface area contributed by atoms with Crippen molar-refractivity contribution in [3.63, 3.8) is 0 Å². The average Bonchev–Trinajstić information content (AvgIpc) is 3.36. The van der Waals surface area contributed by atoms with E-state index in [4.69, 9.17) is 4.52 Å². The van der Waals surface area contributed by atoms with E-state index in [0.717, 1.165) is 18.6 Å². The Morgan fingerprint density at radius 2 is 1.94 bits per heavy atom. The SMILES string of the molecule is CN1C(=O)C=C[C@]2(C)C3CC[C@@]4(C)C(CC[C@@H]4CC(=O)Nc4cc(C(C)(C)C)on4)C3CCC12. The molecule has 0 saturated heterocycles. The number of hydrogen-bond acceptors (Lipinski definition) is 4. The molecule has 6 nitrogen and oxygen atoms in total. The summed E-state index contributed by atoms with van der Waals surface area (Å²) in [4.78, 5) is 27.3. The number of amides is 2. The van der Waals surface area contributed by atoms with Crippen LogP contribution in [0.3, 0.4) is 0 Å². The van der Waals surface area contributed by atoms with Crippen molar-refractivity contribution in [1.29, 1.82) is 0 Å². The average molecular weight is 468 g/mol. The van der Waals surface area contributed by atoms with Gasteiger partial charge < -0.3 is 14.7 Å². The normalized spacial score (nSPS) is 39.4. The molecular weight excluding hydrogens is 426 g/mol. The Morgan fingerprint density at radius 1 is 1.18 bits per heavy atom. The summed E-state index contributed by atoms with van der Waals surface area (Å²) in [6.45, 7) is 11.1. The van der Waals surface area contributed by atoms with E-state index in [0.29, 0.717) is 42.0 Å². The van der Waals surface area contributed by atoms with Gasteiger partial charge in [0.25, 0.3) is 0 Å². The molecule has 0 radical (unpaired) electrons. The number of anilines is 1. The Kier molecular flexibility index (Phi) is 5.53. The highest BCUT2D eigenvalue weighted by Crippen LogP contribution is 2.66. The van der Waals surface area contributed by atoms with Crippen molar-refractivity contribution in [2.24, 2.45) is 34.5 Å². The maximum Gasteiger partial charge on any atom is 0.246 e. The van der Waals surface area contributed by atoms with Crippen LogP contribution in [0.4, 0.5) is 5.82 Å². The lowest BCUT2D eigenvalue weighted by molar-refractivity contribution is -0.139. The molecule has 3 saturated carbocycles. The number of nitrogens with zero attached hydrogens (tertiary/aromatic N) is 2. The summed E-state index contributed by atoms with van der Waals surface area (Å²) < 4.78 is 5.44. The lowest BCUT2D eigenvalue weighted by Crippen LogP contribution is -2.59. The molecule has 0 aromatic carbocycles. The van der Waals surface area contributed by atoms with Crippen LogP contribution in [0.25, 0.3) is 0 Å². The minimum atomic E-state index is -0.133. The van der Waals surface area contributed by atoms with Gasteiger partial charge in [0.05, 0.1) is 0 Å². The molecule has 6 heteroatoms. The lowest BCUT2D eigenvalue weighted by atomic mass is 9.47. The highest BCUT2D eigenvalue weighted by Gasteiger charge is 2.60. The summed E-state index contributed by atoms with van der Waals surface area (Å²) in [6.07, 6.45) is 11.6. The van der Waals surface area contributed by atoms with E-state index in [1.54, 1.807) is 0 Å². The van der Waals surface area contributed by atoms with Gasteiger partial charge >= 0.3 is 0 Å². The van der Waals surface area contributed by atoms with Crippen molar-refractivity contribution >= 4 is 17.6 Å². The molecule has 3 aliphatic carbocycles. The molecule has 2 amide bonds. The zero-order valence-electron chi connectivity index (χ0n) is 21.7. The molecule has 1 aromatic rings. The fourth-order valence-corrected chi connectivity index (χ4v) is 8.29. The maximum absolute atomic E-state index is 13.0. The molecule has 0 bridgehead atoms. The van der Waals surface area contributed by atoms with Gasteiger partial charge in [0.2, 0.25) is 11.8 Å². The second-order valence-corrected chi connectivity index (χ2v) is 13.0. The van der Waals surface area contributed by atoms with E-state index in [1.807, 2.05) is 24.1 Å². The molecule has 2 heterocycles. The van der Waals surface area contributed by atoms with Gasteiger partial charge in [-0.3, -0.25) is 9.59 Å². The molecule has 7 atom stereocenters. The fourth-order valence-electron chi connectivity index (χ4n) is 8.29. The summed E-state index contributed by atoms with van der Waals surface area (Å²) in [5.74, 6) is 3.87. The largest absolute Gasteiger partial charge is 0.359 e. The third kappa shape index (κ3) is 3.63. The quantitative estimate of drug-likeness (QED) is 0.632. The Bertz CT molecular complexity index is 1010. The fraction of sp³-hybridized carbons (Fsp3) is 0.750. The zero-order chi connectivity index (χ0) is 24.5. The van der Waals surface area contributed by atoms with Crippen LogP contribution in [0, 0.1) is 34.5 Å². The van der Waals surface area contributed by atoms with Crippen molar-refractivity contribution in [2.45, 2.75) is 91.0 Å². The maximum atomic E-state index is 13.0. The van der Waals surface area contributed by atoms with Crippen molar-refractivity contribution in [3.05, 3.63) is 24.0 Å². The van der Waals surface area contributed by atoms with E-state index < -0.39 is 0 Å². The van der Waals surface area contributed by atoms with E-state index in [9.17, 15) is 9.59 Å². The van der Waals surface area contributed by atoms with Gasteiger partial charge in [-0.25, -0.2) is 0 Å². The number of carbonyl (C=O) groups is 2. The molecule has 1 aromatic heterocycles. The van der Waals surface area contributed by atoms with E-state index in [1.165, 1.54) is 25.7 Å². The number of fused-ring (bicyclic) bond motifs is 5. The van der Waals surface area contributed by atoms with Crippen LogP contribution in [0.15, 0.2) is 22.7 Å². The third-order valence-electron chi connectivity index (χ3n) is 10.3. The van der Waals surface area contributed by atoms with Gasteiger partial charge in [0.15, 0.2) is 5.82 Å². The summed E-state index contributed by atoms with van der Waals surface area (Å²) in [5.41, 5.74) is 0.147. The second-order valence-electron chi connectivity index (χ2n) is 13.0. The van der Waals surface area contributed by atoms with Crippen molar-refractivity contribution in [2.75, 3.05) is 12.4 Å². The monoisotopic (exact) mass is 467 g/mol. The first-order valence-corrected chi connectivity index (χ1v) is 13.2. The Hall–Kier alpha value is -2.11. The topological polar surface area (TPSA) is 75.4 Å². The first-order valence-electron chi connectivity index (χ1n) is 13.2. The summed E-state index contributed by atoms with van der Waals surface area (Å²) in [5, 5.41) is 7.06. The second kappa shape index (κ2) is 7.96. The van der Waals surface area contributed by atoms with Crippen LogP contribution < -0.4 is 5.32 Å². The number of hydrogen-bond donors (Lipinski definition) is 1.